The Morgan fingerprint density at radius 3 is 2.45 bits per heavy atom. The van der Waals surface area contributed by atoms with E-state index in [1.165, 1.54) is 4.31 Å². The van der Waals surface area contributed by atoms with Crippen molar-refractivity contribution in [2.24, 2.45) is 5.92 Å². The normalized spacial score (nSPS) is 17.2. The number of ether oxygens (including phenoxy) is 2. The monoisotopic (exact) mass is 446 g/mol. The Labute approximate surface area is 184 Å². The number of nitrogens with zero attached hydrogens (tertiary/aromatic N) is 1. The molecule has 2 aromatic carbocycles. The molecule has 1 N–H and O–H groups in total. The van der Waals surface area contributed by atoms with Crippen LogP contribution in [-0.2, 0) is 14.8 Å². The van der Waals surface area contributed by atoms with Gasteiger partial charge in [0.1, 0.15) is 11.5 Å². The van der Waals surface area contributed by atoms with Gasteiger partial charge in [-0.2, -0.15) is 4.31 Å². The fourth-order valence-corrected chi connectivity index (χ4v) is 5.28. The summed E-state index contributed by atoms with van der Waals surface area (Å²) < 4.78 is 38.7. The van der Waals surface area contributed by atoms with Gasteiger partial charge >= 0.3 is 0 Å². The van der Waals surface area contributed by atoms with Crippen molar-refractivity contribution in [2.75, 3.05) is 31.6 Å². The van der Waals surface area contributed by atoms with Crippen molar-refractivity contribution in [2.45, 2.75) is 38.5 Å². The maximum absolute atomic E-state index is 13.2. The van der Waals surface area contributed by atoms with Crippen molar-refractivity contribution in [3.63, 3.8) is 0 Å². The van der Waals surface area contributed by atoms with Crippen LogP contribution in [0.1, 0.15) is 32.3 Å². The van der Waals surface area contributed by atoms with E-state index >= 15 is 0 Å². The van der Waals surface area contributed by atoms with Gasteiger partial charge in [-0.05, 0) is 81.6 Å². The zero-order valence-electron chi connectivity index (χ0n) is 18.3. The molecule has 0 bridgehead atoms. The van der Waals surface area contributed by atoms with Gasteiger partial charge in [0.05, 0.1) is 24.0 Å². The number of aryl methyl sites for hydroxylation is 1. The molecule has 0 radical (unpaired) electrons. The SMILES string of the molecule is CCOc1ccc(NC(=O)[C@H]2CCCN(S(=O)(=O)c3ccc(OCC)c(C)c3)C2)cc1. The lowest BCUT2D eigenvalue weighted by atomic mass is 9.99. The quantitative estimate of drug-likeness (QED) is 0.666. The zero-order chi connectivity index (χ0) is 22.4. The predicted octanol–water partition coefficient (Wildman–Crippen LogP) is 3.83. The van der Waals surface area contributed by atoms with Crippen LogP contribution in [0.3, 0.4) is 0 Å². The summed E-state index contributed by atoms with van der Waals surface area (Å²) in [5, 5.41) is 2.89. The number of sulfonamides is 1. The molecule has 1 fully saturated rings. The molecule has 31 heavy (non-hydrogen) atoms. The standard InChI is InChI=1S/C23H30N2O5S/c1-4-29-20-10-8-19(9-11-20)24-23(26)18-7-6-14-25(16-18)31(27,28)21-12-13-22(30-5-2)17(3)15-21/h8-13,15,18H,4-7,14,16H2,1-3H3,(H,24,26)/t18-/m0/s1. The summed E-state index contributed by atoms with van der Waals surface area (Å²) in [5.41, 5.74) is 1.43. The average Bonchev–Trinajstić information content (AvgIpc) is 2.77. The Kier molecular flexibility index (Phi) is 7.56. The molecule has 1 heterocycles. The molecule has 8 heteroatoms. The van der Waals surface area contributed by atoms with Gasteiger partial charge < -0.3 is 14.8 Å². The minimum Gasteiger partial charge on any atom is -0.494 e. The van der Waals surface area contributed by atoms with Crippen LogP contribution < -0.4 is 14.8 Å². The summed E-state index contributed by atoms with van der Waals surface area (Å²) in [6, 6.07) is 12.0. The summed E-state index contributed by atoms with van der Waals surface area (Å²) in [5.74, 6) is 0.833. The first-order valence-electron chi connectivity index (χ1n) is 10.6. The van der Waals surface area contributed by atoms with Gasteiger partial charge in [0.2, 0.25) is 15.9 Å². The summed E-state index contributed by atoms with van der Waals surface area (Å²) in [6.45, 7) is 7.28. The Balaban J connectivity index is 1.68. The maximum Gasteiger partial charge on any atom is 0.243 e. The van der Waals surface area contributed by atoms with E-state index in [0.717, 1.165) is 11.3 Å². The van der Waals surface area contributed by atoms with E-state index < -0.39 is 15.9 Å². The third kappa shape index (κ3) is 5.57. The molecular weight excluding hydrogens is 416 g/mol. The van der Waals surface area contributed by atoms with E-state index in [4.69, 9.17) is 9.47 Å². The van der Waals surface area contributed by atoms with Gasteiger partial charge in [-0.3, -0.25) is 4.79 Å². The fraction of sp³-hybridized carbons (Fsp3) is 0.435. The molecule has 1 saturated heterocycles. The second kappa shape index (κ2) is 10.2. The molecule has 1 atom stereocenters. The fourth-order valence-electron chi connectivity index (χ4n) is 3.67. The van der Waals surface area contributed by atoms with Crippen LogP contribution in [0.2, 0.25) is 0 Å². The van der Waals surface area contributed by atoms with Gasteiger partial charge in [-0.25, -0.2) is 8.42 Å². The lowest BCUT2D eigenvalue weighted by Crippen LogP contribution is -2.43. The molecule has 7 nitrogen and oxygen atoms in total. The van der Waals surface area contributed by atoms with Gasteiger partial charge in [-0.1, -0.05) is 0 Å². The van der Waals surface area contributed by atoms with Crippen LogP contribution >= 0.6 is 0 Å². The van der Waals surface area contributed by atoms with Gasteiger partial charge in [0.25, 0.3) is 0 Å². The maximum atomic E-state index is 13.2. The smallest absolute Gasteiger partial charge is 0.243 e. The molecule has 0 spiro atoms. The summed E-state index contributed by atoms with van der Waals surface area (Å²) in [6.07, 6.45) is 1.29. The Bertz CT molecular complexity index is 1010. The van der Waals surface area contributed by atoms with Crippen LogP contribution in [0.4, 0.5) is 5.69 Å². The third-order valence-electron chi connectivity index (χ3n) is 5.27. The minimum absolute atomic E-state index is 0.164. The Hall–Kier alpha value is -2.58. The van der Waals surface area contributed by atoms with Crippen LogP contribution in [0.15, 0.2) is 47.4 Å². The molecular formula is C23H30N2O5S. The van der Waals surface area contributed by atoms with Crippen molar-refractivity contribution in [3.05, 3.63) is 48.0 Å². The molecule has 0 unspecified atom stereocenters. The molecule has 3 rings (SSSR count). The largest absolute Gasteiger partial charge is 0.494 e. The molecule has 168 valence electrons. The molecule has 0 saturated carbocycles. The van der Waals surface area contributed by atoms with Crippen LogP contribution in [0.5, 0.6) is 11.5 Å². The number of carbonyl (C=O) groups is 1. The zero-order valence-corrected chi connectivity index (χ0v) is 19.1. The number of anilines is 1. The lowest BCUT2D eigenvalue weighted by molar-refractivity contribution is -0.120. The molecule has 2 aromatic rings. The average molecular weight is 447 g/mol. The minimum atomic E-state index is -3.69. The van der Waals surface area contributed by atoms with Gasteiger partial charge in [0, 0.05) is 18.8 Å². The van der Waals surface area contributed by atoms with Crippen LogP contribution in [-0.4, -0.2) is 44.9 Å². The highest BCUT2D eigenvalue weighted by molar-refractivity contribution is 7.89. The van der Waals surface area contributed by atoms with E-state index in [0.29, 0.717) is 44.0 Å². The Morgan fingerprint density at radius 1 is 1.10 bits per heavy atom. The number of amides is 1. The Morgan fingerprint density at radius 2 is 1.81 bits per heavy atom. The van der Waals surface area contributed by atoms with E-state index in [-0.39, 0.29) is 17.3 Å². The first kappa shape index (κ1) is 23.1. The topological polar surface area (TPSA) is 84.9 Å². The molecule has 0 aliphatic carbocycles. The van der Waals surface area contributed by atoms with Crippen LogP contribution in [0.25, 0.3) is 0 Å². The van der Waals surface area contributed by atoms with E-state index in [1.807, 2.05) is 20.8 Å². The van der Waals surface area contributed by atoms with Gasteiger partial charge in [-0.15, -0.1) is 0 Å². The van der Waals surface area contributed by atoms with E-state index in [1.54, 1.807) is 42.5 Å². The van der Waals surface area contributed by atoms with Crippen molar-refractivity contribution in [1.29, 1.82) is 0 Å². The highest BCUT2D eigenvalue weighted by atomic mass is 32.2. The number of piperidine rings is 1. The van der Waals surface area contributed by atoms with Crippen molar-refractivity contribution in [3.8, 4) is 11.5 Å². The van der Waals surface area contributed by atoms with Gasteiger partial charge in [0.15, 0.2) is 0 Å². The number of rotatable bonds is 8. The highest BCUT2D eigenvalue weighted by Gasteiger charge is 2.33. The number of hydrogen-bond acceptors (Lipinski definition) is 5. The second-order valence-electron chi connectivity index (χ2n) is 7.51. The molecule has 0 aromatic heterocycles. The van der Waals surface area contributed by atoms with Crippen molar-refractivity contribution < 1.29 is 22.7 Å². The number of nitrogens with one attached hydrogen (secondary N) is 1. The molecule has 1 aliphatic heterocycles. The lowest BCUT2D eigenvalue weighted by Gasteiger charge is -2.31. The molecule has 1 aliphatic rings. The van der Waals surface area contributed by atoms with E-state index in [9.17, 15) is 13.2 Å². The second-order valence-corrected chi connectivity index (χ2v) is 9.45. The third-order valence-corrected chi connectivity index (χ3v) is 7.13. The predicted molar refractivity (Wildman–Crippen MR) is 120 cm³/mol. The summed E-state index contributed by atoms with van der Waals surface area (Å²) in [4.78, 5) is 13.0. The van der Waals surface area contributed by atoms with Crippen LogP contribution in [0, 0.1) is 12.8 Å². The first-order valence-corrected chi connectivity index (χ1v) is 12.1. The van der Waals surface area contributed by atoms with Crippen molar-refractivity contribution in [1.82, 2.24) is 4.31 Å². The highest BCUT2D eigenvalue weighted by Crippen LogP contribution is 2.28. The number of carbonyl (C=O) groups excluding carboxylic acids is 1. The van der Waals surface area contributed by atoms with Crippen molar-refractivity contribution >= 4 is 21.6 Å². The summed E-state index contributed by atoms with van der Waals surface area (Å²) >= 11 is 0. The number of benzene rings is 2. The van der Waals surface area contributed by atoms with E-state index in [2.05, 4.69) is 5.32 Å². The summed E-state index contributed by atoms with van der Waals surface area (Å²) in [7, 11) is -3.69. The number of hydrogen-bond donors (Lipinski definition) is 1. The first-order chi connectivity index (χ1) is 14.8. The molecule has 1 amide bonds.